The van der Waals surface area contributed by atoms with Crippen molar-refractivity contribution in [3.63, 3.8) is 0 Å². The largest absolute Gasteiger partial charge is 0.294 e. The second-order valence-corrected chi connectivity index (χ2v) is 6.82. The van der Waals surface area contributed by atoms with Gasteiger partial charge in [0, 0.05) is 22.8 Å². The van der Waals surface area contributed by atoms with Crippen LogP contribution in [0.25, 0.3) is 5.95 Å². The Hall–Kier alpha value is -2.53. The number of ketones is 1. The highest BCUT2D eigenvalue weighted by Crippen LogP contribution is 2.36. The van der Waals surface area contributed by atoms with Gasteiger partial charge in [0.05, 0.1) is 17.5 Å². The number of hydrogen-bond donors (Lipinski definition) is 0. The van der Waals surface area contributed by atoms with Crippen LogP contribution < -0.4 is 0 Å². The van der Waals surface area contributed by atoms with E-state index in [1.54, 1.807) is 10.9 Å². The third kappa shape index (κ3) is 2.85. The van der Waals surface area contributed by atoms with Gasteiger partial charge in [0.25, 0.3) is 5.95 Å². The normalized spacial score (nSPS) is 16.8. The second kappa shape index (κ2) is 6.08. The molecule has 0 radical (unpaired) electrons. The van der Waals surface area contributed by atoms with E-state index in [0.29, 0.717) is 29.4 Å². The summed E-state index contributed by atoms with van der Waals surface area (Å²) in [6.45, 7) is 3.84. The van der Waals surface area contributed by atoms with E-state index < -0.39 is 0 Å². The Morgan fingerprint density at radius 1 is 1.12 bits per heavy atom. The number of halogens is 1. The summed E-state index contributed by atoms with van der Waals surface area (Å²) in [4.78, 5) is 21.6. The van der Waals surface area contributed by atoms with E-state index in [1.165, 1.54) is 0 Å². The first-order valence-electron chi connectivity index (χ1n) is 8.20. The predicted molar refractivity (Wildman–Crippen MR) is 95.5 cm³/mol. The third-order valence-corrected chi connectivity index (χ3v) is 4.89. The highest BCUT2D eigenvalue weighted by Gasteiger charge is 2.31. The monoisotopic (exact) mass is 352 g/mol. The number of carbonyl (C=O) groups is 1. The maximum Gasteiger partial charge on any atom is 0.251 e. The molecule has 1 unspecified atom stereocenters. The minimum Gasteiger partial charge on any atom is -0.294 e. The zero-order valence-corrected chi connectivity index (χ0v) is 14.8. The van der Waals surface area contributed by atoms with Gasteiger partial charge >= 0.3 is 0 Å². The van der Waals surface area contributed by atoms with Crippen LogP contribution in [0.5, 0.6) is 0 Å². The molecule has 0 saturated carbocycles. The Bertz CT molecular complexity index is 959. The van der Waals surface area contributed by atoms with Crippen LogP contribution in [0.15, 0.2) is 36.5 Å². The van der Waals surface area contributed by atoms with Crippen LogP contribution in [-0.2, 0) is 6.42 Å². The summed E-state index contributed by atoms with van der Waals surface area (Å²) in [6, 6.07) is 9.61. The summed E-state index contributed by atoms with van der Waals surface area (Å²) >= 11 is 6.35. The van der Waals surface area contributed by atoms with E-state index in [0.717, 1.165) is 22.6 Å². The van der Waals surface area contributed by atoms with Gasteiger partial charge in [-0.1, -0.05) is 29.8 Å². The van der Waals surface area contributed by atoms with Crippen molar-refractivity contribution in [2.24, 2.45) is 0 Å². The fraction of sp³-hybridized carbons (Fsp3) is 0.263. The number of aromatic nitrogens is 4. The molecule has 0 amide bonds. The molecule has 0 fully saturated rings. The maximum atomic E-state index is 12.6. The van der Waals surface area contributed by atoms with Gasteiger partial charge in [-0.15, -0.1) is 0 Å². The molecule has 0 spiro atoms. The second-order valence-electron chi connectivity index (χ2n) is 6.42. The maximum absolute atomic E-state index is 12.6. The van der Waals surface area contributed by atoms with Crippen LogP contribution in [0.3, 0.4) is 0 Å². The van der Waals surface area contributed by atoms with E-state index in [2.05, 4.69) is 15.1 Å². The quantitative estimate of drug-likeness (QED) is 0.703. The molecular weight excluding hydrogens is 336 g/mol. The Kier molecular flexibility index (Phi) is 3.88. The van der Waals surface area contributed by atoms with Gasteiger partial charge in [0.15, 0.2) is 5.78 Å². The molecule has 5 nitrogen and oxygen atoms in total. The van der Waals surface area contributed by atoms with Crippen LogP contribution in [0.4, 0.5) is 0 Å². The lowest BCUT2D eigenvalue weighted by molar-refractivity contribution is 0.0964. The number of benzene rings is 1. The average Bonchev–Trinajstić information content (AvgIpc) is 2.99. The van der Waals surface area contributed by atoms with Crippen LogP contribution in [0.2, 0.25) is 5.02 Å². The van der Waals surface area contributed by atoms with Crippen LogP contribution in [0.1, 0.15) is 45.3 Å². The number of aryl methyl sites for hydroxylation is 2. The van der Waals surface area contributed by atoms with Crippen molar-refractivity contribution in [2.45, 2.75) is 32.6 Å². The average molecular weight is 353 g/mol. The van der Waals surface area contributed by atoms with Crippen LogP contribution in [-0.4, -0.2) is 25.5 Å². The summed E-state index contributed by atoms with van der Waals surface area (Å²) in [5.74, 6) is 0.628. The van der Waals surface area contributed by atoms with Gasteiger partial charge in [-0.25, -0.2) is 14.6 Å². The summed E-state index contributed by atoms with van der Waals surface area (Å²) in [5, 5.41) is 5.08. The molecule has 0 bridgehead atoms. The van der Waals surface area contributed by atoms with Crippen molar-refractivity contribution in [3.8, 4) is 5.95 Å². The van der Waals surface area contributed by atoms with Crippen molar-refractivity contribution in [1.82, 2.24) is 19.7 Å². The molecule has 1 aliphatic rings. The molecule has 2 heterocycles. The molecule has 3 aromatic rings. The first kappa shape index (κ1) is 16.0. The highest BCUT2D eigenvalue weighted by atomic mass is 35.5. The molecular formula is C19H17ClN4O. The fourth-order valence-electron chi connectivity index (χ4n) is 3.44. The van der Waals surface area contributed by atoms with E-state index in [9.17, 15) is 4.79 Å². The zero-order chi connectivity index (χ0) is 17.6. The van der Waals surface area contributed by atoms with Gasteiger partial charge in [0.2, 0.25) is 0 Å². The van der Waals surface area contributed by atoms with Gasteiger partial charge < -0.3 is 0 Å². The summed E-state index contributed by atoms with van der Waals surface area (Å²) in [7, 11) is 0. The number of carbonyl (C=O) groups excluding carboxylic acids is 1. The van der Waals surface area contributed by atoms with Gasteiger partial charge in [-0.3, -0.25) is 4.79 Å². The first-order chi connectivity index (χ1) is 12.0. The van der Waals surface area contributed by atoms with Gasteiger partial charge in [-0.2, -0.15) is 5.10 Å². The molecule has 6 heteroatoms. The Labute approximate surface area is 150 Å². The van der Waals surface area contributed by atoms with Crippen molar-refractivity contribution in [3.05, 3.63) is 69.8 Å². The lowest BCUT2D eigenvalue weighted by Gasteiger charge is -2.23. The molecule has 2 aromatic heterocycles. The molecule has 1 atom stereocenters. The molecule has 1 aliphatic carbocycles. The predicted octanol–water partition coefficient (Wildman–Crippen LogP) is 3.85. The lowest BCUT2D eigenvalue weighted by Crippen LogP contribution is -2.21. The SMILES string of the molecule is Cc1cc(C)nc(-n2ncc3c2CC(c2ccccc2Cl)CC3=O)n1. The third-order valence-electron chi connectivity index (χ3n) is 4.55. The Morgan fingerprint density at radius 2 is 1.84 bits per heavy atom. The Balaban J connectivity index is 1.79. The van der Waals surface area contributed by atoms with Crippen molar-refractivity contribution < 1.29 is 4.79 Å². The number of fused-ring (bicyclic) bond motifs is 1. The zero-order valence-electron chi connectivity index (χ0n) is 14.0. The van der Waals surface area contributed by atoms with Crippen molar-refractivity contribution >= 4 is 17.4 Å². The molecule has 0 N–H and O–H groups in total. The minimum atomic E-state index is 0.0371. The highest BCUT2D eigenvalue weighted by molar-refractivity contribution is 6.31. The fourth-order valence-corrected chi connectivity index (χ4v) is 3.73. The van der Waals surface area contributed by atoms with E-state index >= 15 is 0 Å². The molecule has 4 rings (SSSR count). The number of Topliss-reactive ketones (excluding diaryl/α,β-unsaturated/α-hetero) is 1. The van der Waals surface area contributed by atoms with Crippen molar-refractivity contribution in [1.29, 1.82) is 0 Å². The molecule has 0 aliphatic heterocycles. The summed E-state index contributed by atoms with van der Waals surface area (Å²) in [5.41, 5.74) is 4.25. The molecule has 25 heavy (non-hydrogen) atoms. The van der Waals surface area contributed by atoms with Crippen molar-refractivity contribution in [2.75, 3.05) is 0 Å². The minimum absolute atomic E-state index is 0.0371. The van der Waals surface area contributed by atoms with E-state index in [-0.39, 0.29) is 11.7 Å². The summed E-state index contributed by atoms with van der Waals surface area (Å²) < 4.78 is 1.69. The smallest absolute Gasteiger partial charge is 0.251 e. The lowest BCUT2D eigenvalue weighted by atomic mass is 9.82. The van der Waals surface area contributed by atoms with E-state index in [1.807, 2.05) is 44.2 Å². The van der Waals surface area contributed by atoms with E-state index in [4.69, 9.17) is 11.6 Å². The first-order valence-corrected chi connectivity index (χ1v) is 8.58. The van der Waals surface area contributed by atoms with Gasteiger partial charge in [0.1, 0.15) is 0 Å². The topological polar surface area (TPSA) is 60.7 Å². The number of hydrogen-bond acceptors (Lipinski definition) is 4. The Morgan fingerprint density at radius 3 is 2.56 bits per heavy atom. The van der Waals surface area contributed by atoms with Crippen LogP contribution in [0, 0.1) is 13.8 Å². The standard InChI is InChI=1S/C19H17ClN4O/c1-11-7-12(2)23-19(22-11)24-17-8-13(9-18(25)15(17)10-21-24)14-5-3-4-6-16(14)20/h3-7,10,13H,8-9H2,1-2H3. The summed E-state index contributed by atoms with van der Waals surface area (Å²) in [6.07, 6.45) is 2.75. The molecule has 1 aromatic carbocycles. The number of nitrogens with zero attached hydrogens (tertiary/aromatic N) is 4. The number of rotatable bonds is 2. The molecule has 0 saturated heterocycles. The van der Waals surface area contributed by atoms with Crippen LogP contribution >= 0.6 is 11.6 Å². The van der Waals surface area contributed by atoms with Gasteiger partial charge in [-0.05, 0) is 43.9 Å². The molecule has 126 valence electrons.